The third kappa shape index (κ3) is 6.04. The van der Waals surface area contributed by atoms with Crippen LogP contribution in [0.4, 0.5) is 0 Å². The first-order valence-corrected chi connectivity index (χ1v) is 15.5. The SMILES string of the molecule is CC(C)C[C@H](NC(=O)c1ccc(C(C)(C)C)cc1)C(=O)N1CCC2C1C(=O)CN2C(=O)c1ccc(-c2ccccc2)s1. The number of rotatable bonds is 7. The number of benzene rings is 2. The van der Waals surface area contributed by atoms with Crippen molar-refractivity contribution in [1.29, 1.82) is 0 Å². The lowest BCUT2D eigenvalue weighted by atomic mass is 9.86. The average molecular weight is 586 g/mol. The number of Topliss-reactive ketones (excluding diaryl/α,β-unsaturated/α-hetero) is 1. The smallest absolute Gasteiger partial charge is 0.264 e. The highest BCUT2D eigenvalue weighted by molar-refractivity contribution is 7.17. The van der Waals surface area contributed by atoms with E-state index in [0.717, 1.165) is 16.0 Å². The van der Waals surface area contributed by atoms with E-state index >= 15 is 0 Å². The Morgan fingerprint density at radius 2 is 1.64 bits per heavy atom. The molecule has 7 nitrogen and oxygen atoms in total. The predicted molar refractivity (Wildman–Crippen MR) is 166 cm³/mol. The van der Waals surface area contributed by atoms with Gasteiger partial charge in [-0.2, -0.15) is 0 Å². The summed E-state index contributed by atoms with van der Waals surface area (Å²) in [6.07, 6.45) is 0.980. The van der Waals surface area contributed by atoms with Gasteiger partial charge in [0, 0.05) is 17.0 Å². The van der Waals surface area contributed by atoms with E-state index in [4.69, 9.17) is 0 Å². The van der Waals surface area contributed by atoms with Crippen molar-refractivity contribution in [3.05, 3.63) is 82.7 Å². The number of amides is 3. The average Bonchev–Trinajstić information content (AvgIpc) is 3.69. The molecule has 42 heavy (non-hydrogen) atoms. The molecule has 2 aromatic carbocycles. The Morgan fingerprint density at radius 1 is 0.952 bits per heavy atom. The summed E-state index contributed by atoms with van der Waals surface area (Å²) in [5, 5.41) is 2.95. The first-order valence-electron chi connectivity index (χ1n) is 14.6. The Morgan fingerprint density at radius 3 is 2.29 bits per heavy atom. The van der Waals surface area contributed by atoms with Crippen LogP contribution in [0.2, 0.25) is 0 Å². The van der Waals surface area contributed by atoms with Crippen LogP contribution >= 0.6 is 11.3 Å². The number of likely N-dealkylation sites (tertiary alicyclic amines) is 2. The summed E-state index contributed by atoms with van der Waals surface area (Å²) in [6.45, 7) is 10.7. The molecule has 0 bridgehead atoms. The third-order valence-electron chi connectivity index (χ3n) is 8.17. The number of nitrogens with zero attached hydrogens (tertiary/aromatic N) is 2. The predicted octanol–water partition coefficient (Wildman–Crippen LogP) is 5.55. The number of hydrogen-bond acceptors (Lipinski definition) is 5. The van der Waals surface area contributed by atoms with Gasteiger partial charge >= 0.3 is 0 Å². The molecule has 3 aromatic rings. The van der Waals surface area contributed by atoms with Gasteiger partial charge in [0.2, 0.25) is 5.91 Å². The van der Waals surface area contributed by atoms with Crippen LogP contribution in [0.5, 0.6) is 0 Å². The molecule has 3 atom stereocenters. The van der Waals surface area contributed by atoms with Crippen LogP contribution in [-0.4, -0.2) is 64.5 Å². The van der Waals surface area contributed by atoms with E-state index in [2.05, 4.69) is 26.1 Å². The van der Waals surface area contributed by atoms with Crippen molar-refractivity contribution < 1.29 is 19.2 Å². The van der Waals surface area contributed by atoms with E-state index in [-0.39, 0.29) is 47.4 Å². The first-order chi connectivity index (χ1) is 19.9. The minimum absolute atomic E-state index is 0.0160. The molecule has 3 heterocycles. The molecule has 0 radical (unpaired) electrons. The van der Waals surface area contributed by atoms with Crippen LogP contribution < -0.4 is 5.32 Å². The minimum atomic E-state index is -0.762. The molecule has 0 saturated carbocycles. The number of nitrogens with one attached hydrogen (secondary N) is 1. The third-order valence-corrected chi connectivity index (χ3v) is 9.29. The highest BCUT2D eigenvalue weighted by atomic mass is 32.1. The van der Waals surface area contributed by atoms with Gasteiger partial charge in [0.05, 0.1) is 17.5 Å². The summed E-state index contributed by atoms with van der Waals surface area (Å²) in [5.74, 6) is -0.738. The van der Waals surface area contributed by atoms with Crippen molar-refractivity contribution in [3.8, 4) is 10.4 Å². The van der Waals surface area contributed by atoms with Gasteiger partial charge in [-0.25, -0.2) is 0 Å². The molecular weight excluding hydrogens is 546 g/mol. The van der Waals surface area contributed by atoms with Gasteiger partial charge in [0.15, 0.2) is 5.78 Å². The highest BCUT2D eigenvalue weighted by Gasteiger charge is 2.52. The second-order valence-corrected chi connectivity index (χ2v) is 13.8. The zero-order valence-corrected chi connectivity index (χ0v) is 25.7. The molecule has 5 rings (SSSR count). The molecule has 2 aliphatic rings. The Hall–Kier alpha value is -3.78. The number of fused-ring (bicyclic) bond motifs is 1. The standard InChI is InChI=1S/C34H39N3O4S/c1-21(2)19-25(35-31(39)23-11-13-24(14-12-23)34(3,4)5)32(40)36-18-17-26-30(36)27(38)20-37(26)33(41)29-16-15-28(42-29)22-9-7-6-8-10-22/h6-16,21,25-26,30H,17-20H2,1-5H3,(H,35,39)/t25-,26?,30?/m0/s1. The molecule has 1 aromatic heterocycles. The van der Waals surface area contributed by atoms with Crippen LogP contribution in [0.15, 0.2) is 66.7 Å². The Kier molecular flexibility index (Phi) is 8.37. The van der Waals surface area contributed by atoms with Gasteiger partial charge in [0.25, 0.3) is 11.8 Å². The van der Waals surface area contributed by atoms with Crippen molar-refractivity contribution in [2.45, 2.75) is 71.0 Å². The van der Waals surface area contributed by atoms with Crippen LogP contribution in [0.1, 0.15) is 73.1 Å². The Bertz CT molecular complexity index is 1470. The van der Waals surface area contributed by atoms with Gasteiger partial charge in [-0.05, 0) is 59.6 Å². The molecule has 3 amide bonds. The van der Waals surface area contributed by atoms with Gasteiger partial charge in [0.1, 0.15) is 12.1 Å². The van der Waals surface area contributed by atoms with E-state index in [1.165, 1.54) is 11.3 Å². The summed E-state index contributed by atoms with van der Waals surface area (Å²) < 4.78 is 0. The van der Waals surface area contributed by atoms with Gasteiger partial charge in [-0.15, -0.1) is 11.3 Å². The van der Waals surface area contributed by atoms with E-state index in [1.807, 2.05) is 68.4 Å². The lowest BCUT2D eigenvalue weighted by Gasteiger charge is -2.29. The van der Waals surface area contributed by atoms with E-state index in [0.29, 0.717) is 29.8 Å². The number of thiophene rings is 1. The van der Waals surface area contributed by atoms with Crippen molar-refractivity contribution in [3.63, 3.8) is 0 Å². The number of hydrogen-bond donors (Lipinski definition) is 1. The van der Waals surface area contributed by atoms with Gasteiger partial charge < -0.3 is 15.1 Å². The Balaban J connectivity index is 1.30. The van der Waals surface area contributed by atoms with Crippen molar-refractivity contribution >= 4 is 34.8 Å². The van der Waals surface area contributed by atoms with Crippen LogP contribution in [0, 0.1) is 5.92 Å². The Labute approximate surface area is 251 Å². The van der Waals surface area contributed by atoms with Crippen LogP contribution in [0.3, 0.4) is 0 Å². The van der Waals surface area contributed by atoms with Crippen molar-refractivity contribution in [2.75, 3.05) is 13.1 Å². The number of ketones is 1. The van der Waals surface area contributed by atoms with Crippen molar-refractivity contribution in [1.82, 2.24) is 15.1 Å². The molecule has 2 fully saturated rings. The molecule has 8 heteroatoms. The monoisotopic (exact) mass is 585 g/mol. The minimum Gasteiger partial charge on any atom is -0.340 e. The quantitative estimate of drug-likeness (QED) is 0.394. The van der Waals surface area contributed by atoms with E-state index < -0.39 is 12.1 Å². The maximum absolute atomic E-state index is 13.9. The van der Waals surface area contributed by atoms with E-state index in [1.54, 1.807) is 21.9 Å². The molecule has 0 aliphatic carbocycles. The van der Waals surface area contributed by atoms with Gasteiger partial charge in [-0.1, -0.05) is 77.1 Å². The summed E-state index contributed by atoms with van der Waals surface area (Å²) in [6, 6.07) is 19.3. The fraction of sp³-hybridized carbons (Fsp3) is 0.412. The lowest BCUT2D eigenvalue weighted by Crippen LogP contribution is -2.53. The summed E-state index contributed by atoms with van der Waals surface area (Å²) in [7, 11) is 0. The molecule has 1 N–H and O–H groups in total. The molecular formula is C34H39N3O4S. The fourth-order valence-corrected chi connectivity index (χ4v) is 6.91. The van der Waals surface area contributed by atoms with Crippen LogP contribution in [0.25, 0.3) is 10.4 Å². The highest BCUT2D eigenvalue weighted by Crippen LogP contribution is 2.34. The van der Waals surface area contributed by atoms with Crippen LogP contribution in [-0.2, 0) is 15.0 Å². The first kappa shape index (κ1) is 29.7. The summed E-state index contributed by atoms with van der Waals surface area (Å²) in [5.41, 5.74) is 2.62. The second-order valence-electron chi connectivity index (χ2n) is 12.7. The summed E-state index contributed by atoms with van der Waals surface area (Å²) >= 11 is 1.41. The number of carbonyl (C=O) groups is 4. The molecule has 2 saturated heterocycles. The van der Waals surface area contributed by atoms with Gasteiger partial charge in [-0.3, -0.25) is 19.2 Å². The second kappa shape index (κ2) is 11.8. The normalized spacial score (nSPS) is 19.2. The maximum Gasteiger partial charge on any atom is 0.264 e. The zero-order valence-electron chi connectivity index (χ0n) is 24.9. The van der Waals surface area contributed by atoms with Crippen molar-refractivity contribution in [2.24, 2.45) is 5.92 Å². The van der Waals surface area contributed by atoms with E-state index in [9.17, 15) is 19.2 Å². The molecule has 2 aliphatic heterocycles. The fourth-order valence-electron chi connectivity index (χ4n) is 5.95. The maximum atomic E-state index is 13.9. The largest absolute Gasteiger partial charge is 0.340 e. The zero-order chi connectivity index (χ0) is 30.2. The number of carbonyl (C=O) groups excluding carboxylic acids is 4. The molecule has 0 spiro atoms. The molecule has 2 unspecified atom stereocenters. The topological polar surface area (TPSA) is 86.8 Å². The lowest BCUT2D eigenvalue weighted by molar-refractivity contribution is -0.138. The molecule has 220 valence electrons. The summed E-state index contributed by atoms with van der Waals surface area (Å²) in [4.78, 5) is 58.7.